The van der Waals surface area contributed by atoms with E-state index in [2.05, 4.69) is 17.4 Å². The van der Waals surface area contributed by atoms with Crippen molar-refractivity contribution in [3.8, 4) is 0 Å². The molecule has 17 heavy (non-hydrogen) atoms. The summed E-state index contributed by atoms with van der Waals surface area (Å²) in [5, 5.41) is 3.78. The number of hydrogen-bond acceptors (Lipinski definition) is 1. The molecule has 0 spiro atoms. The first-order valence-electron chi connectivity index (χ1n) is 6.19. The SMILES string of the molecule is CCC(=O)NCC1(c2ccc(Cl)cc2)CCC1. The molecule has 1 N–H and O–H groups in total. The molecule has 0 bridgehead atoms. The minimum atomic E-state index is 0.130. The zero-order chi connectivity index (χ0) is 12.3. The molecule has 1 aliphatic rings. The maximum Gasteiger partial charge on any atom is 0.219 e. The minimum Gasteiger partial charge on any atom is -0.355 e. The predicted molar refractivity (Wildman–Crippen MR) is 70.3 cm³/mol. The highest BCUT2D eigenvalue weighted by Crippen LogP contribution is 2.43. The van der Waals surface area contributed by atoms with Gasteiger partial charge in [-0.25, -0.2) is 0 Å². The van der Waals surface area contributed by atoms with Crippen LogP contribution in [0.25, 0.3) is 0 Å². The third-order valence-corrected chi connectivity index (χ3v) is 3.96. The Kier molecular flexibility index (Phi) is 3.72. The summed E-state index contributed by atoms with van der Waals surface area (Å²) in [6, 6.07) is 8.02. The van der Waals surface area contributed by atoms with Crippen molar-refractivity contribution in [3.63, 3.8) is 0 Å². The van der Waals surface area contributed by atoms with Crippen LogP contribution in [-0.4, -0.2) is 12.5 Å². The Hall–Kier alpha value is -1.02. The molecule has 0 aromatic heterocycles. The highest BCUT2D eigenvalue weighted by molar-refractivity contribution is 6.30. The summed E-state index contributed by atoms with van der Waals surface area (Å²) in [6.07, 6.45) is 4.10. The van der Waals surface area contributed by atoms with E-state index in [4.69, 9.17) is 11.6 Å². The van der Waals surface area contributed by atoms with Crippen molar-refractivity contribution in [1.29, 1.82) is 0 Å². The molecule has 0 aliphatic heterocycles. The maximum absolute atomic E-state index is 11.4. The molecule has 0 heterocycles. The summed E-state index contributed by atoms with van der Waals surface area (Å²) in [4.78, 5) is 11.4. The molecule has 1 amide bonds. The fourth-order valence-electron chi connectivity index (χ4n) is 2.37. The Morgan fingerprint density at radius 1 is 1.35 bits per heavy atom. The van der Waals surface area contributed by atoms with Crippen LogP contribution in [0.1, 0.15) is 38.2 Å². The monoisotopic (exact) mass is 251 g/mol. The van der Waals surface area contributed by atoms with Gasteiger partial charge in [0.2, 0.25) is 5.91 Å². The second-order valence-corrected chi connectivity index (χ2v) is 5.21. The summed E-state index contributed by atoms with van der Waals surface area (Å²) in [5.41, 5.74) is 1.44. The van der Waals surface area contributed by atoms with Crippen LogP contribution in [0.3, 0.4) is 0 Å². The van der Waals surface area contributed by atoms with Gasteiger partial charge in [-0.2, -0.15) is 0 Å². The van der Waals surface area contributed by atoms with Crippen molar-refractivity contribution in [1.82, 2.24) is 5.32 Å². The van der Waals surface area contributed by atoms with Gasteiger partial charge >= 0.3 is 0 Å². The van der Waals surface area contributed by atoms with Crippen molar-refractivity contribution in [2.75, 3.05) is 6.54 Å². The molecule has 1 saturated carbocycles. The number of amides is 1. The van der Waals surface area contributed by atoms with E-state index in [0.29, 0.717) is 6.42 Å². The molecule has 1 aliphatic carbocycles. The standard InChI is InChI=1S/C14H18ClNO/c1-2-13(17)16-10-14(8-3-9-14)11-4-6-12(15)7-5-11/h4-7H,2-3,8-10H2,1H3,(H,16,17). The third-order valence-electron chi connectivity index (χ3n) is 3.71. The Bertz CT molecular complexity index is 395. The van der Waals surface area contributed by atoms with E-state index in [-0.39, 0.29) is 11.3 Å². The topological polar surface area (TPSA) is 29.1 Å². The van der Waals surface area contributed by atoms with E-state index in [1.54, 1.807) is 0 Å². The van der Waals surface area contributed by atoms with E-state index in [1.807, 2.05) is 19.1 Å². The van der Waals surface area contributed by atoms with Gasteiger partial charge in [-0.1, -0.05) is 37.1 Å². The molecule has 0 radical (unpaired) electrons. The van der Waals surface area contributed by atoms with Gasteiger partial charge in [-0.3, -0.25) is 4.79 Å². The fraction of sp³-hybridized carbons (Fsp3) is 0.500. The van der Waals surface area contributed by atoms with Crippen LogP contribution in [0.5, 0.6) is 0 Å². The number of nitrogens with one attached hydrogen (secondary N) is 1. The van der Waals surface area contributed by atoms with Crippen LogP contribution < -0.4 is 5.32 Å². The number of carbonyl (C=O) groups excluding carboxylic acids is 1. The maximum atomic E-state index is 11.4. The van der Waals surface area contributed by atoms with Crippen LogP contribution in [0, 0.1) is 0 Å². The summed E-state index contributed by atoms with van der Waals surface area (Å²) < 4.78 is 0. The van der Waals surface area contributed by atoms with Gasteiger partial charge in [0.25, 0.3) is 0 Å². The van der Waals surface area contributed by atoms with Gasteiger partial charge in [0.1, 0.15) is 0 Å². The van der Waals surface area contributed by atoms with Crippen LogP contribution in [0.15, 0.2) is 24.3 Å². The molecule has 0 unspecified atom stereocenters. The lowest BCUT2D eigenvalue weighted by Crippen LogP contribution is -2.45. The zero-order valence-electron chi connectivity index (χ0n) is 10.1. The lowest BCUT2D eigenvalue weighted by Gasteiger charge is -2.42. The Morgan fingerprint density at radius 3 is 2.47 bits per heavy atom. The van der Waals surface area contributed by atoms with E-state index >= 15 is 0 Å². The lowest BCUT2D eigenvalue weighted by molar-refractivity contribution is -0.121. The Morgan fingerprint density at radius 2 is 2.00 bits per heavy atom. The molecule has 92 valence electrons. The van der Waals surface area contributed by atoms with Gasteiger partial charge in [-0.05, 0) is 30.5 Å². The number of rotatable bonds is 4. The molecule has 1 aromatic rings. The first-order valence-corrected chi connectivity index (χ1v) is 6.57. The first kappa shape index (κ1) is 12.4. The predicted octanol–water partition coefficient (Wildman–Crippen LogP) is 3.29. The fourth-order valence-corrected chi connectivity index (χ4v) is 2.49. The van der Waals surface area contributed by atoms with Crippen molar-refractivity contribution >= 4 is 17.5 Å². The van der Waals surface area contributed by atoms with E-state index < -0.39 is 0 Å². The van der Waals surface area contributed by atoms with Crippen molar-refractivity contribution < 1.29 is 4.79 Å². The quantitative estimate of drug-likeness (QED) is 0.874. The molecular formula is C14H18ClNO. The van der Waals surface area contributed by atoms with Crippen molar-refractivity contribution in [2.24, 2.45) is 0 Å². The highest BCUT2D eigenvalue weighted by atomic mass is 35.5. The average molecular weight is 252 g/mol. The molecule has 2 nitrogen and oxygen atoms in total. The van der Waals surface area contributed by atoms with E-state index in [9.17, 15) is 4.79 Å². The molecule has 2 rings (SSSR count). The lowest BCUT2D eigenvalue weighted by atomic mass is 9.64. The largest absolute Gasteiger partial charge is 0.355 e. The number of hydrogen-bond donors (Lipinski definition) is 1. The highest BCUT2D eigenvalue weighted by Gasteiger charge is 2.38. The van der Waals surface area contributed by atoms with Gasteiger partial charge in [0.05, 0.1) is 0 Å². The molecule has 3 heteroatoms. The second kappa shape index (κ2) is 5.09. The summed E-state index contributed by atoms with van der Waals surface area (Å²) in [5.74, 6) is 0.130. The van der Waals surface area contributed by atoms with Crippen LogP contribution in [0.4, 0.5) is 0 Å². The zero-order valence-corrected chi connectivity index (χ0v) is 10.9. The van der Waals surface area contributed by atoms with Crippen LogP contribution in [-0.2, 0) is 10.2 Å². The molecule has 1 aromatic carbocycles. The van der Waals surface area contributed by atoms with Crippen LogP contribution >= 0.6 is 11.6 Å². The average Bonchev–Trinajstić information content (AvgIpc) is 2.29. The van der Waals surface area contributed by atoms with E-state index in [0.717, 1.165) is 24.4 Å². The normalized spacial score (nSPS) is 17.3. The Labute approximate surface area is 107 Å². The minimum absolute atomic E-state index is 0.130. The van der Waals surface area contributed by atoms with Crippen molar-refractivity contribution in [3.05, 3.63) is 34.9 Å². The molecule has 1 fully saturated rings. The van der Waals surface area contributed by atoms with Gasteiger partial charge in [0, 0.05) is 23.4 Å². The van der Waals surface area contributed by atoms with Gasteiger partial charge < -0.3 is 5.32 Å². The number of benzene rings is 1. The smallest absolute Gasteiger partial charge is 0.219 e. The Balaban J connectivity index is 2.08. The number of halogens is 1. The molecular weight excluding hydrogens is 234 g/mol. The summed E-state index contributed by atoms with van der Waals surface area (Å²) >= 11 is 5.90. The number of carbonyl (C=O) groups is 1. The summed E-state index contributed by atoms with van der Waals surface area (Å²) in [7, 11) is 0. The van der Waals surface area contributed by atoms with Crippen molar-refractivity contribution in [2.45, 2.75) is 38.0 Å². The molecule has 0 atom stereocenters. The van der Waals surface area contributed by atoms with Gasteiger partial charge in [0.15, 0.2) is 0 Å². The molecule has 0 saturated heterocycles. The van der Waals surface area contributed by atoms with E-state index in [1.165, 1.54) is 12.0 Å². The summed E-state index contributed by atoms with van der Waals surface area (Å²) in [6.45, 7) is 2.63. The third kappa shape index (κ3) is 2.63. The van der Waals surface area contributed by atoms with Crippen LogP contribution in [0.2, 0.25) is 5.02 Å². The second-order valence-electron chi connectivity index (χ2n) is 4.77. The van der Waals surface area contributed by atoms with Gasteiger partial charge in [-0.15, -0.1) is 0 Å². The first-order chi connectivity index (χ1) is 8.16.